The van der Waals surface area contributed by atoms with Crippen LogP contribution in [-0.4, -0.2) is 40.0 Å². The van der Waals surface area contributed by atoms with Crippen molar-refractivity contribution in [2.45, 2.75) is 52.1 Å². The monoisotopic (exact) mass is 291 g/mol. The van der Waals surface area contributed by atoms with Gasteiger partial charge in [-0.15, -0.1) is 0 Å². The van der Waals surface area contributed by atoms with Crippen LogP contribution in [0.3, 0.4) is 0 Å². The highest BCUT2D eigenvalue weighted by Gasteiger charge is 2.31. The minimum Gasteiger partial charge on any atom is -0.471 e. The molecule has 1 amide bonds. The summed E-state index contributed by atoms with van der Waals surface area (Å²) in [6.07, 6.45) is 9.85. The summed E-state index contributed by atoms with van der Waals surface area (Å²) in [6.45, 7) is 5.73. The molecule has 5 heteroatoms. The van der Waals surface area contributed by atoms with Crippen molar-refractivity contribution in [1.82, 2.24) is 14.9 Å². The SMILES string of the molecule is CCCC(CCC)C(=O)N1CCC(Oc2cnccn2)C1. The van der Waals surface area contributed by atoms with Crippen LogP contribution in [-0.2, 0) is 4.79 Å². The average Bonchev–Trinajstić information content (AvgIpc) is 2.96. The quantitative estimate of drug-likeness (QED) is 0.775. The Morgan fingerprint density at radius 3 is 2.76 bits per heavy atom. The van der Waals surface area contributed by atoms with E-state index in [0.29, 0.717) is 18.3 Å². The Morgan fingerprint density at radius 2 is 2.14 bits per heavy atom. The number of hydrogen-bond acceptors (Lipinski definition) is 4. The van der Waals surface area contributed by atoms with E-state index in [1.54, 1.807) is 18.6 Å². The second-order valence-electron chi connectivity index (χ2n) is 5.63. The number of nitrogens with zero attached hydrogens (tertiary/aromatic N) is 3. The third kappa shape index (κ3) is 4.41. The molecule has 2 heterocycles. The van der Waals surface area contributed by atoms with Crippen LogP contribution in [0.4, 0.5) is 0 Å². The van der Waals surface area contributed by atoms with E-state index in [2.05, 4.69) is 23.8 Å². The minimum atomic E-state index is 0.0366. The van der Waals surface area contributed by atoms with Gasteiger partial charge in [0.1, 0.15) is 6.10 Å². The molecular formula is C16H25N3O2. The maximum absolute atomic E-state index is 12.6. The first-order valence-corrected chi connectivity index (χ1v) is 7.96. The van der Waals surface area contributed by atoms with Crippen LogP contribution in [0.2, 0.25) is 0 Å². The lowest BCUT2D eigenvalue weighted by Gasteiger charge is -2.23. The molecule has 0 spiro atoms. The van der Waals surface area contributed by atoms with Gasteiger partial charge in [0.05, 0.1) is 12.7 Å². The molecule has 1 fully saturated rings. The number of hydrogen-bond donors (Lipinski definition) is 0. The lowest BCUT2D eigenvalue weighted by molar-refractivity contribution is -0.135. The lowest BCUT2D eigenvalue weighted by Crippen LogP contribution is -2.35. The number of carbonyl (C=O) groups is 1. The van der Waals surface area contributed by atoms with Gasteiger partial charge in [-0.1, -0.05) is 26.7 Å². The van der Waals surface area contributed by atoms with Gasteiger partial charge in [0.2, 0.25) is 11.8 Å². The van der Waals surface area contributed by atoms with Crippen molar-refractivity contribution in [3.05, 3.63) is 18.6 Å². The van der Waals surface area contributed by atoms with E-state index in [9.17, 15) is 4.79 Å². The molecule has 1 aliphatic heterocycles. The molecule has 2 rings (SSSR count). The summed E-state index contributed by atoms with van der Waals surface area (Å²) in [4.78, 5) is 22.6. The van der Waals surface area contributed by atoms with Crippen molar-refractivity contribution in [3.63, 3.8) is 0 Å². The van der Waals surface area contributed by atoms with Crippen molar-refractivity contribution < 1.29 is 9.53 Å². The summed E-state index contributed by atoms with van der Waals surface area (Å²) in [5.41, 5.74) is 0. The zero-order chi connectivity index (χ0) is 15.1. The van der Waals surface area contributed by atoms with Crippen LogP contribution < -0.4 is 4.74 Å². The van der Waals surface area contributed by atoms with Crippen LogP contribution in [0.25, 0.3) is 0 Å². The Balaban J connectivity index is 1.87. The standard InChI is InChI=1S/C16H25N3O2/c1-3-5-13(6-4-2)16(20)19-10-7-14(12-19)21-15-11-17-8-9-18-15/h8-9,11,13-14H,3-7,10,12H2,1-2H3. The Bertz CT molecular complexity index is 432. The van der Waals surface area contributed by atoms with E-state index >= 15 is 0 Å². The predicted octanol–water partition coefficient (Wildman–Crippen LogP) is 2.67. The first-order valence-electron chi connectivity index (χ1n) is 7.96. The van der Waals surface area contributed by atoms with Gasteiger partial charge in [0.25, 0.3) is 0 Å². The zero-order valence-corrected chi connectivity index (χ0v) is 13.0. The average molecular weight is 291 g/mol. The van der Waals surface area contributed by atoms with Crippen molar-refractivity contribution in [2.75, 3.05) is 13.1 Å². The molecular weight excluding hydrogens is 266 g/mol. The van der Waals surface area contributed by atoms with Gasteiger partial charge >= 0.3 is 0 Å². The number of aromatic nitrogens is 2. The highest BCUT2D eigenvalue weighted by molar-refractivity contribution is 5.79. The van der Waals surface area contributed by atoms with Gasteiger partial charge in [0.15, 0.2) is 0 Å². The lowest BCUT2D eigenvalue weighted by atomic mass is 9.97. The maximum Gasteiger partial charge on any atom is 0.232 e. The summed E-state index contributed by atoms with van der Waals surface area (Å²) in [5, 5.41) is 0. The molecule has 0 saturated carbocycles. The molecule has 1 aromatic rings. The van der Waals surface area contributed by atoms with Gasteiger partial charge in [-0.05, 0) is 12.8 Å². The molecule has 1 saturated heterocycles. The minimum absolute atomic E-state index is 0.0366. The third-order valence-electron chi connectivity index (χ3n) is 3.91. The molecule has 1 aliphatic rings. The van der Waals surface area contributed by atoms with Crippen LogP contribution >= 0.6 is 0 Å². The van der Waals surface area contributed by atoms with Crippen LogP contribution in [0.5, 0.6) is 5.88 Å². The van der Waals surface area contributed by atoms with Crippen LogP contribution in [0.1, 0.15) is 46.0 Å². The number of likely N-dealkylation sites (tertiary alicyclic amines) is 1. The van der Waals surface area contributed by atoms with Crippen LogP contribution in [0.15, 0.2) is 18.6 Å². The molecule has 0 radical (unpaired) electrons. The summed E-state index contributed by atoms with van der Waals surface area (Å²) >= 11 is 0. The van der Waals surface area contributed by atoms with Gasteiger partial charge in [-0.3, -0.25) is 9.78 Å². The van der Waals surface area contributed by atoms with Crippen LogP contribution in [0, 0.1) is 5.92 Å². The molecule has 1 unspecified atom stereocenters. The molecule has 21 heavy (non-hydrogen) atoms. The highest BCUT2D eigenvalue weighted by atomic mass is 16.5. The fourth-order valence-corrected chi connectivity index (χ4v) is 2.89. The van der Waals surface area contributed by atoms with E-state index in [0.717, 1.165) is 38.6 Å². The van der Waals surface area contributed by atoms with E-state index in [1.807, 2.05) is 4.90 Å². The summed E-state index contributed by atoms with van der Waals surface area (Å²) in [5.74, 6) is 1.01. The first kappa shape index (κ1) is 15.7. The van der Waals surface area contributed by atoms with Crippen molar-refractivity contribution >= 4 is 5.91 Å². The summed E-state index contributed by atoms with van der Waals surface area (Å²) in [6, 6.07) is 0. The summed E-state index contributed by atoms with van der Waals surface area (Å²) in [7, 11) is 0. The fraction of sp³-hybridized carbons (Fsp3) is 0.688. The number of ether oxygens (including phenoxy) is 1. The third-order valence-corrected chi connectivity index (χ3v) is 3.91. The molecule has 1 aromatic heterocycles. The molecule has 0 N–H and O–H groups in total. The van der Waals surface area contributed by atoms with E-state index in [-0.39, 0.29) is 12.0 Å². The molecule has 116 valence electrons. The summed E-state index contributed by atoms with van der Waals surface area (Å²) < 4.78 is 5.79. The van der Waals surface area contributed by atoms with Gasteiger partial charge in [-0.25, -0.2) is 4.98 Å². The fourth-order valence-electron chi connectivity index (χ4n) is 2.89. The molecule has 5 nitrogen and oxygen atoms in total. The van der Waals surface area contributed by atoms with E-state index in [1.165, 1.54) is 0 Å². The number of rotatable bonds is 7. The highest BCUT2D eigenvalue weighted by Crippen LogP contribution is 2.22. The van der Waals surface area contributed by atoms with Crippen molar-refractivity contribution in [2.24, 2.45) is 5.92 Å². The Labute approximate surface area is 126 Å². The zero-order valence-electron chi connectivity index (χ0n) is 13.0. The van der Waals surface area contributed by atoms with E-state index in [4.69, 9.17) is 4.74 Å². The Kier molecular flexibility index (Phi) is 5.96. The molecule has 0 aliphatic carbocycles. The van der Waals surface area contributed by atoms with Gasteiger partial charge in [-0.2, -0.15) is 0 Å². The molecule has 0 bridgehead atoms. The second-order valence-corrected chi connectivity index (χ2v) is 5.63. The Morgan fingerprint density at radius 1 is 1.38 bits per heavy atom. The largest absolute Gasteiger partial charge is 0.471 e. The van der Waals surface area contributed by atoms with Gasteiger partial charge in [0, 0.05) is 31.3 Å². The maximum atomic E-state index is 12.6. The van der Waals surface area contributed by atoms with Gasteiger partial charge < -0.3 is 9.64 Å². The predicted molar refractivity (Wildman–Crippen MR) is 81.0 cm³/mol. The topological polar surface area (TPSA) is 55.3 Å². The normalized spacial score (nSPS) is 18.2. The Hall–Kier alpha value is -1.65. The number of amides is 1. The van der Waals surface area contributed by atoms with Crippen molar-refractivity contribution in [1.29, 1.82) is 0 Å². The van der Waals surface area contributed by atoms with E-state index < -0.39 is 0 Å². The second kappa shape index (κ2) is 7.96. The first-order chi connectivity index (χ1) is 10.2. The molecule has 0 aromatic carbocycles. The smallest absolute Gasteiger partial charge is 0.232 e. The molecule has 1 atom stereocenters. The number of carbonyl (C=O) groups excluding carboxylic acids is 1. The van der Waals surface area contributed by atoms with Crippen molar-refractivity contribution in [3.8, 4) is 5.88 Å².